The van der Waals surface area contributed by atoms with Gasteiger partial charge >= 0.3 is 0 Å². The largest absolute Gasteiger partial charge is 0.327 e. The van der Waals surface area contributed by atoms with Gasteiger partial charge in [0, 0.05) is 19.2 Å². The summed E-state index contributed by atoms with van der Waals surface area (Å²) in [6.07, 6.45) is 3.82. The van der Waals surface area contributed by atoms with Crippen LogP contribution in [0.15, 0.2) is 30.3 Å². The van der Waals surface area contributed by atoms with Crippen molar-refractivity contribution in [3.05, 3.63) is 35.9 Å². The molecule has 0 atom stereocenters. The maximum absolute atomic E-state index is 10.7. The van der Waals surface area contributed by atoms with E-state index in [1.165, 1.54) is 6.92 Å². The molecule has 0 bridgehead atoms. The normalized spacial score (nSPS) is 9.73. The number of carbonyl (C=O) groups excluding carboxylic acids is 1. The van der Waals surface area contributed by atoms with Crippen molar-refractivity contribution < 1.29 is 4.79 Å². The number of halogens is 1. The lowest BCUT2D eigenvalue weighted by Crippen LogP contribution is -2.05. The first kappa shape index (κ1) is 13.7. The van der Waals surface area contributed by atoms with Crippen LogP contribution in [0.1, 0.15) is 12.5 Å². The lowest BCUT2D eigenvalue weighted by atomic mass is 10.2. The van der Waals surface area contributed by atoms with E-state index in [4.69, 9.17) is 5.73 Å². The van der Waals surface area contributed by atoms with E-state index in [2.05, 4.69) is 5.32 Å². The summed E-state index contributed by atoms with van der Waals surface area (Å²) in [5.41, 5.74) is 7.21. The molecule has 3 N–H and O–H groups in total. The van der Waals surface area contributed by atoms with Gasteiger partial charge in [0.1, 0.15) is 0 Å². The SMILES string of the molecule is CC(=O)Nc1ccc(/C=C/CN)cc1.Cl. The number of hydrogen-bond acceptors (Lipinski definition) is 2. The third-order valence-electron chi connectivity index (χ3n) is 1.68. The molecule has 0 aromatic heterocycles. The molecule has 0 unspecified atom stereocenters. The van der Waals surface area contributed by atoms with Crippen molar-refractivity contribution in [2.75, 3.05) is 11.9 Å². The van der Waals surface area contributed by atoms with Crippen LogP contribution in [0.3, 0.4) is 0 Å². The topological polar surface area (TPSA) is 55.1 Å². The van der Waals surface area contributed by atoms with Gasteiger partial charge < -0.3 is 11.1 Å². The standard InChI is InChI=1S/C11H14N2O.ClH/c1-9(14)13-11-6-4-10(5-7-11)3-2-8-12;/h2-7H,8,12H2,1H3,(H,13,14);1H/b3-2+;. The van der Waals surface area contributed by atoms with Crippen molar-refractivity contribution in [2.45, 2.75) is 6.92 Å². The quantitative estimate of drug-likeness (QED) is 0.829. The minimum Gasteiger partial charge on any atom is -0.327 e. The Labute approximate surface area is 95.8 Å². The van der Waals surface area contributed by atoms with Crippen molar-refractivity contribution in [3.63, 3.8) is 0 Å². The van der Waals surface area contributed by atoms with E-state index in [1.54, 1.807) is 0 Å². The Bertz CT molecular complexity index is 333. The van der Waals surface area contributed by atoms with Crippen LogP contribution in [-0.2, 0) is 4.79 Å². The van der Waals surface area contributed by atoms with Crippen molar-refractivity contribution in [1.82, 2.24) is 0 Å². The number of carbonyl (C=O) groups is 1. The fraction of sp³-hybridized carbons (Fsp3) is 0.182. The van der Waals surface area contributed by atoms with Gasteiger partial charge in [-0.15, -0.1) is 12.4 Å². The molecule has 0 radical (unpaired) electrons. The Balaban J connectivity index is 0.00000196. The Morgan fingerprint density at radius 3 is 2.47 bits per heavy atom. The average molecular weight is 227 g/mol. The van der Waals surface area contributed by atoms with Gasteiger partial charge in [-0.25, -0.2) is 0 Å². The zero-order valence-corrected chi connectivity index (χ0v) is 9.38. The molecule has 1 rings (SSSR count). The molecule has 1 amide bonds. The first-order valence-corrected chi connectivity index (χ1v) is 4.46. The highest BCUT2D eigenvalue weighted by atomic mass is 35.5. The van der Waals surface area contributed by atoms with Gasteiger partial charge in [0.15, 0.2) is 0 Å². The van der Waals surface area contributed by atoms with Crippen molar-refractivity contribution in [2.24, 2.45) is 5.73 Å². The number of hydrogen-bond donors (Lipinski definition) is 2. The van der Waals surface area contributed by atoms with E-state index >= 15 is 0 Å². The summed E-state index contributed by atoms with van der Waals surface area (Å²) in [5.74, 6) is -0.0600. The molecular formula is C11H15ClN2O. The molecule has 0 heterocycles. The van der Waals surface area contributed by atoms with Crippen LogP contribution in [-0.4, -0.2) is 12.5 Å². The first-order valence-electron chi connectivity index (χ1n) is 4.46. The molecule has 0 aliphatic rings. The zero-order chi connectivity index (χ0) is 10.4. The minimum atomic E-state index is -0.0600. The molecule has 1 aromatic rings. The van der Waals surface area contributed by atoms with Crippen LogP contribution in [0, 0.1) is 0 Å². The number of anilines is 1. The second kappa shape index (κ2) is 7.04. The van der Waals surface area contributed by atoms with Crippen LogP contribution >= 0.6 is 12.4 Å². The molecule has 0 saturated heterocycles. The molecule has 1 aromatic carbocycles. The first-order chi connectivity index (χ1) is 6.72. The predicted molar refractivity (Wildman–Crippen MR) is 66.1 cm³/mol. The molecule has 82 valence electrons. The average Bonchev–Trinajstić information content (AvgIpc) is 2.16. The number of amides is 1. The van der Waals surface area contributed by atoms with Gasteiger partial charge in [0.2, 0.25) is 5.91 Å². The summed E-state index contributed by atoms with van der Waals surface area (Å²) in [7, 11) is 0. The second-order valence-corrected chi connectivity index (χ2v) is 2.94. The van der Waals surface area contributed by atoms with Crippen LogP contribution in [0.2, 0.25) is 0 Å². The minimum absolute atomic E-state index is 0. The van der Waals surface area contributed by atoms with E-state index in [1.807, 2.05) is 36.4 Å². The molecule has 3 nitrogen and oxygen atoms in total. The third-order valence-corrected chi connectivity index (χ3v) is 1.68. The molecule has 0 aliphatic carbocycles. The summed E-state index contributed by atoms with van der Waals surface area (Å²) >= 11 is 0. The maximum Gasteiger partial charge on any atom is 0.221 e. The Hall–Kier alpha value is -1.32. The Kier molecular flexibility index (Phi) is 6.42. The van der Waals surface area contributed by atoms with E-state index in [-0.39, 0.29) is 18.3 Å². The summed E-state index contributed by atoms with van der Waals surface area (Å²) in [5, 5.41) is 2.70. The second-order valence-electron chi connectivity index (χ2n) is 2.94. The fourth-order valence-corrected chi connectivity index (χ4v) is 1.08. The molecule has 15 heavy (non-hydrogen) atoms. The smallest absolute Gasteiger partial charge is 0.221 e. The molecule has 4 heteroatoms. The van der Waals surface area contributed by atoms with Gasteiger partial charge in [-0.3, -0.25) is 4.79 Å². The van der Waals surface area contributed by atoms with Crippen LogP contribution < -0.4 is 11.1 Å². The van der Waals surface area contributed by atoms with Crippen molar-refractivity contribution in [1.29, 1.82) is 0 Å². The van der Waals surface area contributed by atoms with E-state index in [0.29, 0.717) is 6.54 Å². The molecule has 0 fully saturated rings. The highest BCUT2D eigenvalue weighted by Gasteiger charge is 1.93. The van der Waals surface area contributed by atoms with Crippen molar-refractivity contribution >= 4 is 30.1 Å². The van der Waals surface area contributed by atoms with Crippen LogP contribution in [0.5, 0.6) is 0 Å². The molecule has 0 aliphatic heterocycles. The zero-order valence-electron chi connectivity index (χ0n) is 8.57. The summed E-state index contributed by atoms with van der Waals surface area (Å²) in [6.45, 7) is 2.02. The lowest BCUT2D eigenvalue weighted by molar-refractivity contribution is -0.114. The lowest BCUT2D eigenvalue weighted by Gasteiger charge is -2.01. The maximum atomic E-state index is 10.7. The fourth-order valence-electron chi connectivity index (χ4n) is 1.08. The highest BCUT2D eigenvalue weighted by molar-refractivity contribution is 5.88. The van der Waals surface area contributed by atoms with Crippen LogP contribution in [0.25, 0.3) is 6.08 Å². The van der Waals surface area contributed by atoms with Gasteiger partial charge in [-0.2, -0.15) is 0 Å². The van der Waals surface area contributed by atoms with Gasteiger partial charge in [0.05, 0.1) is 0 Å². The number of nitrogens with two attached hydrogens (primary N) is 1. The van der Waals surface area contributed by atoms with Crippen LogP contribution in [0.4, 0.5) is 5.69 Å². The van der Waals surface area contributed by atoms with E-state index in [9.17, 15) is 4.79 Å². The van der Waals surface area contributed by atoms with Gasteiger partial charge in [0.25, 0.3) is 0 Å². The Morgan fingerprint density at radius 1 is 1.40 bits per heavy atom. The highest BCUT2D eigenvalue weighted by Crippen LogP contribution is 2.10. The summed E-state index contributed by atoms with van der Waals surface area (Å²) in [4.78, 5) is 10.7. The number of nitrogens with one attached hydrogen (secondary N) is 1. The van der Waals surface area contributed by atoms with E-state index in [0.717, 1.165) is 11.3 Å². The van der Waals surface area contributed by atoms with Gasteiger partial charge in [-0.1, -0.05) is 24.3 Å². The monoisotopic (exact) mass is 226 g/mol. The predicted octanol–water partition coefficient (Wildman–Crippen LogP) is 2.04. The molecule has 0 saturated carbocycles. The van der Waals surface area contributed by atoms with Gasteiger partial charge in [-0.05, 0) is 17.7 Å². The molecule has 0 spiro atoms. The number of benzene rings is 1. The Morgan fingerprint density at radius 2 is 2.00 bits per heavy atom. The molecular weight excluding hydrogens is 212 g/mol. The van der Waals surface area contributed by atoms with E-state index < -0.39 is 0 Å². The number of rotatable bonds is 3. The summed E-state index contributed by atoms with van der Waals surface area (Å²) in [6, 6.07) is 7.57. The summed E-state index contributed by atoms with van der Waals surface area (Å²) < 4.78 is 0. The third kappa shape index (κ3) is 5.20. The van der Waals surface area contributed by atoms with Crippen molar-refractivity contribution in [3.8, 4) is 0 Å².